The fourth-order valence-corrected chi connectivity index (χ4v) is 4.79. The maximum atomic E-state index is 6.27. The Balaban J connectivity index is 1.58. The van der Waals surface area contributed by atoms with E-state index < -0.39 is 0 Å². The molecule has 0 bridgehead atoms. The van der Waals surface area contributed by atoms with E-state index in [0.717, 1.165) is 12.6 Å². The first-order chi connectivity index (χ1) is 10.2. The van der Waals surface area contributed by atoms with Crippen molar-refractivity contribution in [1.82, 2.24) is 14.7 Å². The lowest BCUT2D eigenvalue weighted by Crippen LogP contribution is -2.61. The fourth-order valence-electron chi connectivity index (χ4n) is 4.79. The van der Waals surface area contributed by atoms with Crippen LogP contribution in [0, 0.1) is 0 Å². The molecule has 0 amide bonds. The van der Waals surface area contributed by atoms with Crippen molar-refractivity contribution in [2.45, 2.75) is 56.5 Å². The maximum absolute atomic E-state index is 6.27. The van der Waals surface area contributed by atoms with Gasteiger partial charge in [-0.25, -0.2) is 0 Å². The Morgan fingerprint density at radius 3 is 2.29 bits per heavy atom. The molecule has 0 radical (unpaired) electrons. The average Bonchev–Trinajstić information content (AvgIpc) is 2.98. The van der Waals surface area contributed by atoms with E-state index in [1.54, 1.807) is 0 Å². The van der Waals surface area contributed by atoms with Crippen molar-refractivity contribution in [2.24, 2.45) is 5.73 Å². The summed E-state index contributed by atoms with van der Waals surface area (Å²) in [6.45, 7) is 8.29. The molecule has 3 aliphatic rings. The molecule has 122 valence electrons. The lowest BCUT2D eigenvalue weighted by atomic mass is 9.87. The summed E-state index contributed by atoms with van der Waals surface area (Å²) in [5.74, 6) is 0. The van der Waals surface area contributed by atoms with Gasteiger partial charge in [-0.3, -0.25) is 9.80 Å². The molecule has 3 fully saturated rings. The standard InChI is InChI=1S/C17H34N4/c1-19-9-4-7-17(15-18,8-10-19)21-13-11-20(12-14-21)16-5-2-3-6-16/h16H,2-15,18H2,1H3. The predicted octanol–water partition coefficient (Wildman–Crippen LogP) is 1.36. The Kier molecular flexibility index (Phi) is 5.20. The van der Waals surface area contributed by atoms with E-state index in [4.69, 9.17) is 5.73 Å². The van der Waals surface area contributed by atoms with Crippen molar-refractivity contribution in [3.63, 3.8) is 0 Å². The van der Waals surface area contributed by atoms with Crippen LogP contribution in [0.2, 0.25) is 0 Å². The zero-order chi connectivity index (χ0) is 14.7. The highest BCUT2D eigenvalue weighted by molar-refractivity contribution is 4.97. The summed E-state index contributed by atoms with van der Waals surface area (Å²) in [5.41, 5.74) is 6.55. The fraction of sp³-hybridized carbons (Fsp3) is 1.00. The second-order valence-electron chi connectivity index (χ2n) is 7.55. The van der Waals surface area contributed by atoms with Crippen LogP contribution in [0.15, 0.2) is 0 Å². The molecule has 21 heavy (non-hydrogen) atoms. The smallest absolute Gasteiger partial charge is 0.0345 e. The minimum Gasteiger partial charge on any atom is -0.329 e. The van der Waals surface area contributed by atoms with Crippen LogP contribution in [-0.2, 0) is 0 Å². The van der Waals surface area contributed by atoms with Crippen LogP contribution in [-0.4, -0.2) is 79.1 Å². The maximum Gasteiger partial charge on any atom is 0.0345 e. The molecular formula is C17H34N4. The molecule has 2 heterocycles. The second kappa shape index (κ2) is 6.95. The molecule has 1 unspecified atom stereocenters. The number of rotatable bonds is 3. The van der Waals surface area contributed by atoms with E-state index >= 15 is 0 Å². The number of piperazine rings is 1. The number of hydrogen-bond acceptors (Lipinski definition) is 4. The van der Waals surface area contributed by atoms with Gasteiger partial charge in [0.25, 0.3) is 0 Å². The van der Waals surface area contributed by atoms with Gasteiger partial charge in [0, 0.05) is 44.3 Å². The van der Waals surface area contributed by atoms with E-state index in [9.17, 15) is 0 Å². The molecule has 2 saturated heterocycles. The summed E-state index contributed by atoms with van der Waals surface area (Å²) in [6.07, 6.45) is 9.62. The summed E-state index contributed by atoms with van der Waals surface area (Å²) in [4.78, 5) is 7.99. The van der Waals surface area contributed by atoms with Gasteiger partial charge in [0.2, 0.25) is 0 Å². The molecule has 2 aliphatic heterocycles. The van der Waals surface area contributed by atoms with Gasteiger partial charge in [-0.1, -0.05) is 12.8 Å². The van der Waals surface area contributed by atoms with Crippen LogP contribution < -0.4 is 5.73 Å². The molecule has 0 aromatic heterocycles. The Morgan fingerprint density at radius 1 is 0.905 bits per heavy atom. The third-order valence-corrected chi connectivity index (χ3v) is 6.35. The van der Waals surface area contributed by atoms with Gasteiger partial charge >= 0.3 is 0 Å². The highest BCUT2D eigenvalue weighted by Crippen LogP contribution is 2.31. The summed E-state index contributed by atoms with van der Waals surface area (Å²) in [5, 5.41) is 0. The van der Waals surface area contributed by atoms with E-state index in [-0.39, 0.29) is 5.54 Å². The lowest BCUT2D eigenvalue weighted by Gasteiger charge is -2.48. The van der Waals surface area contributed by atoms with Crippen molar-refractivity contribution in [2.75, 3.05) is 52.9 Å². The minimum absolute atomic E-state index is 0.284. The van der Waals surface area contributed by atoms with Crippen molar-refractivity contribution < 1.29 is 0 Å². The summed E-state index contributed by atoms with van der Waals surface area (Å²) in [6, 6.07) is 0.890. The highest BCUT2D eigenvalue weighted by atomic mass is 15.3. The predicted molar refractivity (Wildman–Crippen MR) is 88.5 cm³/mol. The Labute approximate surface area is 130 Å². The summed E-state index contributed by atoms with van der Waals surface area (Å²) >= 11 is 0. The van der Waals surface area contributed by atoms with E-state index in [0.29, 0.717) is 0 Å². The van der Waals surface area contributed by atoms with Crippen molar-refractivity contribution in [3.05, 3.63) is 0 Å². The van der Waals surface area contributed by atoms with Crippen LogP contribution in [0.3, 0.4) is 0 Å². The molecule has 0 aromatic rings. The molecular weight excluding hydrogens is 260 g/mol. The third-order valence-electron chi connectivity index (χ3n) is 6.35. The molecule has 4 heteroatoms. The topological polar surface area (TPSA) is 35.7 Å². The molecule has 4 nitrogen and oxygen atoms in total. The van der Waals surface area contributed by atoms with Crippen molar-refractivity contribution >= 4 is 0 Å². The van der Waals surface area contributed by atoms with Crippen LogP contribution in [0.5, 0.6) is 0 Å². The summed E-state index contributed by atoms with van der Waals surface area (Å²) in [7, 11) is 2.25. The van der Waals surface area contributed by atoms with Gasteiger partial charge < -0.3 is 10.6 Å². The molecule has 3 rings (SSSR count). The summed E-state index contributed by atoms with van der Waals surface area (Å²) < 4.78 is 0. The molecule has 1 saturated carbocycles. The monoisotopic (exact) mass is 294 g/mol. The van der Waals surface area contributed by atoms with Gasteiger partial charge in [0.05, 0.1) is 0 Å². The van der Waals surface area contributed by atoms with Crippen LogP contribution in [0.25, 0.3) is 0 Å². The normalized spacial score (nSPS) is 35.1. The Morgan fingerprint density at radius 2 is 1.62 bits per heavy atom. The first kappa shape index (κ1) is 15.7. The molecule has 2 N–H and O–H groups in total. The number of nitrogens with two attached hydrogens (primary N) is 1. The van der Waals surface area contributed by atoms with E-state index in [1.165, 1.54) is 84.2 Å². The number of nitrogens with zero attached hydrogens (tertiary/aromatic N) is 3. The van der Waals surface area contributed by atoms with E-state index in [2.05, 4.69) is 21.7 Å². The van der Waals surface area contributed by atoms with Crippen LogP contribution >= 0.6 is 0 Å². The zero-order valence-electron chi connectivity index (χ0n) is 13.9. The van der Waals surface area contributed by atoms with Crippen LogP contribution in [0.4, 0.5) is 0 Å². The zero-order valence-corrected chi connectivity index (χ0v) is 13.9. The molecule has 0 aromatic carbocycles. The van der Waals surface area contributed by atoms with Gasteiger partial charge in [0.15, 0.2) is 0 Å². The Bertz CT molecular complexity index is 321. The highest BCUT2D eigenvalue weighted by Gasteiger charge is 2.39. The van der Waals surface area contributed by atoms with Gasteiger partial charge in [0.1, 0.15) is 0 Å². The first-order valence-electron chi connectivity index (χ1n) is 9.11. The largest absolute Gasteiger partial charge is 0.329 e. The lowest BCUT2D eigenvalue weighted by molar-refractivity contribution is 0.0138. The number of likely N-dealkylation sites (tertiary alicyclic amines) is 1. The molecule has 1 atom stereocenters. The first-order valence-corrected chi connectivity index (χ1v) is 9.11. The van der Waals surface area contributed by atoms with Gasteiger partial charge in [-0.15, -0.1) is 0 Å². The van der Waals surface area contributed by atoms with Crippen molar-refractivity contribution in [3.8, 4) is 0 Å². The van der Waals surface area contributed by atoms with Crippen LogP contribution in [0.1, 0.15) is 44.9 Å². The third kappa shape index (κ3) is 3.44. The van der Waals surface area contributed by atoms with E-state index in [1.807, 2.05) is 0 Å². The van der Waals surface area contributed by atoms with Gasteiger partial charge in [-0.05, 0) is 52.2 Å². The number of hydrogen-bond donors (Lipinski definition) is 1. The van der Waals surface area contributed by atoms with Crippen molar-refractivity contribution in [1.29, 1.82) is 0 Å². The molecule has 1 aliphatic carbocycles. The SMILES string of the molecule is CN1CCCC(CN)(N2CCN(C3CCCC3)CC2)CC1. The van der Waals surface area contributed by atoms with Gasteiger partial charge in [-0.2, -0.15) is 0 Å². The average molecular weight is 294 g/mol. The Hall–Kier alpha value is -0.160. The quantitative estimate of drug-likeness (QED) is 0.852. The second-order valence-corrected chi connectivity index (χ2v) is 7.55. The molecule has 0 spiro atoms. The minimum atomic E-state index is 0.284.